The fourth-order valence-corrected chi connectivity index (χ4v) is 2.17. The largest absolute Gasteiger partial charge is 0.456 e. The molecular weight excluding hydrogens is 345 g/mol. The van der Waals surface area contributed by atoms with E-state index >= 15 is 0 Å². The van der Waals surface area contributed by atoms with Crippen LogP contribution in [0.2, 0.25) is 10.0 Å². The van der Waals surface area contributed by atoms with Crippen LogP contribution >= 0.6 is 23.2 Å². The second-order valence-corrected chi connectivity index (χ2v) is 5.21. The Morgan fingerprint density at radius 1 is 1.26 bits per heavy atom. The summed E-state index contributed by atoms with van der Waals surface area (Å²) in [5.41, 5.74) is 4.90. The van der Waals surface area contributed by atoms with Crippen LogP contribution < -0.4 is 15.8 Å². The number of halogens is 2. The van der Waals surface area contributed by atoms with Gasteiger partial charge in [0.05, 0.1) is 16.5 Å². The summed E-state index contributed by atoms with van der Waals surface area (Å²) in [7, 11) is 0. The molecule has 0 fully saturated rings. The van der Waals surface area contributed by atoms with Crippen LogP contribution in [0.5, 0.6) is 11.5 Å². The highest BCUT2D eigenvalue weighted by atomic mass is 35.5. The molecule has 0 aliphatic heterocycles. The van der Waals surface area contributed by atoms with Crippen LogP contribution in [-0.2, 0) is 4.79 Å². The quantitative estimate of drug-likeness (QED) is 0.629. The number of carbonyl (C=O) groups is 1. The van der Waals surface area contributed by atoms with Crippen LogP contribution in [0.15, 0.2) is 36.4 Å². The maximum absolute atomic E-state index is 11.4. The lowest BCUT2D eigenvalue weighted by molar-refractivity contribution is -0.383. The molecule has 2 aromatic rings. The first-order valence-electron chi connectivity index (χ1n) is 6.32. The van der Waals surface area contributed by atoms with Crippen molar-refractivity contribution in [2.45, 2.75) is 0 Å². The molecule has 0 aliphatic rings. The third kappa shape index (κ3) is 4.32. The Bertz CT molecular complexity index is 768. The van der Waals surface area contributed by atoms with E-state index in [9.17, 15) is 14.9 Å². The molecule has 7 nitrogen and oxygen atoms in total. The fraction of sp³-hybridized carbons (Fsp3) is 0.0714. The molecule has 0 saturated heterocycles. The van der Waals surface area contributed by atoms with Crippen molar-refractivity contribution in [3.8, 4) is 11.5 Å². The summed E-state index contributed by atoms with van der Waals surface area (Å²) in [5, 5.41) is 14.1. The van der Waals surface area contributed by atoms with Crippen molar-refractivity contribution in [2.24, 2.45) is 5.73 Å². The maximum atomic E-state index is 11.4. The van der Waals surface area contributed by atoms with Gasteiger partial charge in [-0.25, -0.2) is 0 Å². The van der Waals surface area contributed by atoms with E-state index in [2.05, 4.69) is 5.32 Å². The van der Waals surface area contributed by atoms with Crippen molar-refractivity contribution < 1.29 is 14.5 Å². The lowest BCUT2D eigenvalue weighted by Gasteiger charge is -2.10. The summed E-state index contributed by atoms with van der Waals surface area (Å²) in [6, 6.07) is 8.57. The van der Waals surface area contributed by atoms with Gasteiger partial charge in [-0.3, -0.25) is 14.9 Å². The minimum atomic E-state index is -0.620. The van der Waals surface area contributed by atoms with Crippen molar-refractivity contribution >= 4 is 40.5 Å². The van der Waals surface area contributed by atoms with Gasteiger partial charge in [-0.2, -0.15) is 0 Å². The SMILES string of the molecule is NCC(=O)Nc1cc(Oc2ccc(Cl)cc2Cl)ccc1[N+](=O)[O-]. The van der Waals surface area contributed by atoms with E-state index in [-0.39, 0.29) is 28.7 Å². The Balaban J connectivity index is 2.34. The second-order valence-electron chi connectivity index (χ2n) is 4.37. The Morgan fingerprint density at radius 2 is 2.00 bits per heavy atom. The zero-order valence-electron chi connectivity index (χ0n) is 11.6. The molecule has 0 aliphatic carbocycles. The molecular formula is C14H11Cl2N3O4. The van der Waals surface area contributed by atoms with Crippen LogP contribution in [-0.4, -0.2) is 17.4 Å². The highest BCUT2D eigenvalue weighted by Crippen LogP contribution is 2.35. The number of nitrogens with two attached hydrogens (primary N) is 1. The van der Waals surface area contributed by atoms with Crippen molar-refractivity contribution in [3.63, 3.8) is 0 Å². The number of carbonyl (C=O) groups excluding carboxylic acids is 1. The van der Waals surface area contributed by atoms with Gasteiger partial charge in [-0.1, -0.05) is 23.2 Å². The molecule has 3 N–H and O–H groups in total. The predicted molar refractivity (Wildman–Crippen MR) is 87.3 cm³/mol. The summed E-state index contributed by atoms with van der Waals surface area (Å²) in [6.07, 6.45) is 0. The molecule has 0 bridgehead atoms. The van der Waals surface area contributed by atoms with Crippen LogP contribution in [0.4, 0.5) is 11.4 Å². The number of hydrogen-bond acceptors (Lipinski definition) is 5. The minimum Gasteiger partial charge on any atom is -0.456 e. The van der Waals surface area contributed by atoms with E-state index in [4.69, 9.17) is 33.7 Å². The van der Waals surface area contributed by atoms with E-state index < -0.39 is 10.8 Å². The molecule has 0 aromatic heterocycles. The molecule has 120 valence electrons. The fourth-order valence-electron chi connectivity index (χ4n) is 1.72. The highest BCUT2D eigenvalue weighted by molar-refractivity contribution is 6.35. The molecule has 2 rings (SSSR count). The number of nitro benzene ring substituents is 1. The third-order valence-electron chi connectivity index (χ3n) is 2.75. The van der Waals surface area contributed by atoms with Crippen molar-refractivity contribution in [1.29, 1.82) is 0 Å². The molecule has 0 radical (unpaired) electrons. The van der Waals surface area contributed by atoms with Crippen molar-refractivity contribution in [1.82, 2.24) is 0 Å². The lowest BCUT2D eigenvalue weighted by Crippen LogP contribution is -2.22. The number of nitrogens with one attached hydrogen (secondary N) is 1. The monoisotopic (exact) mass is 355 g/mol. The Hall–Kier alpha value is -2.35. The number of benzene rings is 2. The standard InChI is InChI=1S/C14H11Cl2N3O4/c15-8-1-4-13(10(16)5-8)23-9-2-3-12(19(21)22)11(6-9)18-14(20)7-17/h1-6H,7,17H2,(H,18,20). The minimum absolute atomic E-state index is 0.0203. The van der Waals surface area contributed by atoms with Gasteiger partial charge in [0.2, 0.25) is 5.91 Å². The number of nitro groups is 1. The van der Waals surface area contributed by atoms with Gasteiger partial charge in [0, 0.05) is 17.2 Å². The lowest BCUT2D eigenvalue weighted by atomic mass is 10.2. The average Bonchev–Trinajstić information content (AvgIpc) is 2.50. The molecule has 23 heavy (non-hydrogen) atoms. The Labute approximate surface area is 141 Å². The predicted octanol–water partition coefficient (Wildman–Crippen LogP) is 3.59. The second kappa shape index (κ2) is 7.28. The van der Waals surface area contributed by atoms with Crippen molar-refractivity contribution in [3.05, 3.63) is 56.6 Å². The summed E-state index contributed by atoms with van der Waals surface area (Å²) in [6.45, 7) is -0.300. The summed E-state index contributed by atoms with van der Waals surface area (Å²) < 4.78 is 5.56. The first kappa shape index (κ1) is 17.0. The summed E-state index contributed by atoms with van der Waals surface area (Å²) in [5.74, 6) is 0.0166. The smallest absolute Gasteiger partial charge is 0.293 e. The number of hydrogen-bond donors (Lipinski definition) is 2. The first-order chi connectivity index (χ1) is 10.9. The van der Waals surface area contributed by atoms with E-state index in [1.165, 1.54) is 24.3 Å². The van der Waals surface area contributed by atoms with Crippen molar-refractivity contribution in [2.75, 3.05) is 11.9 Å². The molecule has 0 unspecified atom stereocenters. The third-order valence-corrected chi connectivity index (χ3v) is 3.28. The molecule has 0 heterocycles. The van der Waals surface area contributed by atoms with Gasteiger partial charge >= 0.3 is 0 Å². The van der Waals surface area contributed by atoms with Gasteiger partial charge in [-0.05, 0) is 24.3 Å². The van der Waals surface area contributed by atoms with Gasteiger partial charge in [0.25, 0.3) is 5.69 Å². The maximum Gasteiger partial charge on any atom is 0.293 e. The Kier molecular flexibility index (Phi) is 5.38. The average molecular weight is 356 g/mol. The number of rotatable bonds is 5. The molecule has 0 atom stereocenters. The topological polar surface area (TPSA) is 107 Å². The van der Waals surface area contributed by atoms with E-state index in [0.29, 0.717) is 10.8 Å². The number of ether oxygens (including phenoxy) is 1. The number of nitrogens with zero attached hydrogens (tertiary/aromatic N) is 1. The molecule has 1 amide bonds. The van der Waals surface area contributed by atoms with Crippen LogP contribution in [0, 0.1) is 10.1 Å². The zero-order chi connectivity index (χ0) is 17.0. The zero-order valence-corrected chi connectivity index (χ0v) is 13.1. The molecule has 2 aromatic carbocycles. The van der Waals surface area contributed by atoms with E-state index in [0.717, 1.165) is 0 Å². The van der Waals surface area contributed by atoms with Crippen LogP contribution in [0.1, 0.15) is 0 Å². The normalized spacial score (nSPS) is 10.2. The highest BCUT2D eigenvalue weighted by Gasteiger charge is 2.17. The number of anilines is 1. The Morgan fingerprint density at radius 3 is 2.61 bits per heavy atom. The van der Waals surface area contributed by atoms with E-state index in [1.807, 2.05) is 0 Å². The van der Waals surface area contributed by atoms with Gasteiger partial charge in [0.1, 0.15) is 17.2 Å². The summed E-state index contributed by atoms with van der Waals surface area (Å²) >= 11 is 11.8. The van der Waals surface area contributed by atoms with Gasteiger partial charge < -0.3 is 15.8 Å². The molecule has 9 heteroatoms. The first-order valence-corrected chi connectivity index (χ1v) is 7.07. The summed E-state index contributed by atoms with van der Waals surface area (Å²) in [4.78, 5) is 21.8. The molecule has 0 spiro atoms. The number of amides is 1. The molecule has 0 saturated carbocycles. The van der Waals surface area contributed by atoms with Crippen LogP contribution in [0.25, 0.3) is 0 Å². The van der Waals surface area contributed by atoms with Gasteiger partial charge in [-0.15, -0.1) is 0 Å². The van der Waals surface area contributed by atoms with Crippen LogP contribution in [0.3, 0.4) is 0 Å². The van der Waals surface area contributed by atoms with E-state index in [1.54, 1.807) is 12.1 Å². The van der Waals surface area contributed by atoms with Gasteiger partial charge in [0.15, 0.2) is 0 Å².